The lowest BCUT2D eigenvalue weighted by Gasteiger charge is -2.14. The molecule has 0 aliphatic heterocycles. The fraction of sp³-hybridized carbons (Fsp3) is 0.600. The van der Waals surface area contributed by atoms with E-state index in [4.69, 9.17) is 23.2 Å². The second-order valence-corrected chi connectivity index (χ2v) is 4.81. The van der Waals surface area contributed by atoms with Gasteiger partial charge < -0.3 is 9.57 Å². The zero-order chi connectivity index (χ0) is 13.3. The minimum Gasteiger partial charge on any atom is -0.464 e. The third kappa shape index (κ3) is 6.19. The third-order valence-corrected chi connectivity index (χ3v) is 4.01. The number of carbonyl (C=O) groups is 1. The smallest absolute Gasteiger partial charge is 0.357 e. The zero-order valence-corrected chi connectivity index (χ0v) is 12.2. The molecule has 0 aromatic carbocycles. The van der Waals surface area contributed by atoms with Gasteiger partial charge in [-0.25, -0.2) is 4.79 Å². The van der Waals surface area contributed by atoms with E-state index in [0.717, 1.165) is 0 Å². The molecule has 0 radical (unpaired) electrons. The van der Waals surface area contributed by atoms with E-state index in [9.17, 15) is 4.79 Å². The summed E-state index contributed by atoms with van der Waals surface area (Å²) in [4.78, 5) is 16.1. The van der Waals surface area contributed by atoms with Gasteiger partial charge in [0.05, 0.1) is 12.4 Å². The Morgan fingerprint density at radius 3 is 2.59 bits per heavy atom. The SMILES string of the molecule is CCC(SCC(Cl)=CCl)C(=NOC)C(=O)OC. The number of hydrogen-bond acceptors (Lipinski definition) is 5. The van der Waals surface area contributed by atoms with Crippen LogP contribution in [0.3, 0.4) is 0 Å². The highest BCUT2D eigenvalue weighted by atomic mass is 35.5. The summed E-state index contributed by atoms with van der Waals surface area (Å²) in [5.41, 5.74) is 1.54. The second-order valence-electron chi connectivity index (χ2n) is 2.91. The maximum Gasteiger partial charge on any atom is 0.357 e. The molecular formula is C10H15Cl2NO3S. The Morgan fingerprint density at radius 2 is 2.18 bits per heavy atom. The zero-order valence-electron chi connectivity index (χ0n) is 9.91. The lowest BCUT2D eigenvalue weighted by atomic mass is 10.2. The highest BCUT2D eigenvalue weighted by Gasteiger charge is 2.24. The number of methoxy groups -OCH3 is 1. The number of halogens is 2. The van der Waals surface area contributed by atoms with Crippen LogP contribution in [-0.4, -0.2) is 36.9 Å². The Kier molecular flexibility index (Phi) is 9.40. The van der Waals surface area contributed by atoms with Gasteiger partial charge in [0.15, 0.2) is 5.71 Å². The Bertz CT molecular complexity index is 308. The molecule has 1 atom stereocenters. The van der Waals surface area contributed by atoms with Gasteiger partial charge in [0, 0.05) is 16.3 Å². The first-order chi connectivity index (χ1) is 8.10. The second kappa shape index (κ2) is 9.62. The van der Waals surface area contributed by atoms with Gasteiger partial charge in [0.25, 0.3) is 0 Å². The number of rotatable bonds is 7. The number of oxime groups is 1. The first kappa shape index (κ1) is 16.6. The first-order valence-electron chi connectivity index (χ1n) is 4.86. The molecule has 98 valence electrons. The molecule has 0 fully saturated rings. The molecule has 17 heavy (non-hydrogen) atoms. The Labute approximate surface area is 115 Å². The van der Waals surface area contributed by atoms with Gasteiger partial charge in [-0.1, -0.05) is 35.3 Å². The van der Waals surface area contributed by atoms with Crippen LogP contribution in [-0.2, 0) is 14.4 Å². The van der Waals surface area contributed by atoms with Crippen molar-refractivity contribution in [3.05, 3.63) is 10.6 Å². The van der Waals surface area contributed by atoms with Crippen LogP contribution in [0.15, 0.2) is 15.7 Å². The molecule has 0 rings (SSSR count). The number of hydrogen-bond donors (Lipinski definition) is 0. The van der Waals surface area contributed by atoms with Crippen LogP contribution in [0.4, 0.5) is 0 Å². The van der Waals surface area contributed by atoms with Crippen LogP contribution in [0.1, 0.15) is 13.3 Å². The largest absolute Gasteiger partial charge is 0.464 e. The van der Waals surface area contributed by atoms with Gasteiger partial charge in [-0.15, -0.1) is 11.8 Å². The Hall–Kier alpha value is -0.390. The molecule has 0 N–H and O–H groups in total. The summed E-state index contributed by atoms with van der Waals surface area (Å²) in [6, 6.07) is 0. The van der Waals surface area contributed by atoms with Crippen molar-refractivity contribution in [2.75, 3.05) is 20.0 Å². The average Bonchev–Trinajstić information content (AvgIpc) is 2.36. The average molecular weight is 300 g/mol. The van der Waals surface area contributed by atoms with Crippen molar-refractivity contribution in [1.82, 2.24) is 0 Å². The van der Waals surface area contributed by atoms with E-state index in [1.54, 1.807) is 0 Å². The molecule has 0 aliphatic carbocycles. The van der Waals surface area contributed by atoms with Crippen LogP contribution in [0.5, 0.6) is 0 Å². The number of ether oxygens (including phenoxy) is 1. The molecule has 0 bridgehead atoms. The maximum atomic E-state index is 11.5. The van der Waals surface area contributed by atoms with E-state index in [-0.39, 0.29) is 11.0 Å². The van der Waals surface area contributed by atoms with Gasteiger partial charge in [-0.05, 0) is 6.42 Å². The number of esters is 1. The molecule has 0 spiro atoms. The molecule has 0 heterocycles. The first-order valence-corrected chi connectivity index (χ1v) is 6.72. The van der Waals surface area contributed by atoms with Crippen LogP contribution >= 0.6 is 35.0 Å². The molecule has 0 saturated carbocycles. The molecule has 1 unspecified atom stereocenters. The van der Waals surface area contributed by atoms with Crippen molar-refractivity contribution in [3.63, 3.8) is 0 Å². The van der Waals surface area contributed by atoms with Crippen LogP contribution in [0, 0.1) is 0 Å². The number of carbonyl (C=O) groups excluding carboxylic acids is 1. The predicted octanol–water partition coefficient (Wildman–Crippen LogP) is 2.99. The lowest BCUT2D eigenvalue weighted by molar-refractivity contribution is -0.133. The number of nitrogens with zero attached hydrogens (tertiary/aromatic N) is 1. The van der Waals surface area contributed by atoms with Crippen molar-refractivity contribution in [2.45, 2.75) is 18.6 Å². The maximum absolute atomic E-state index is 11.5. The standard InChI is InChI=1S/C10H15Cl2NO3S/c1-4-8(17-6-7(12)5-11)9(13-16-3)10(14)15-2/h5,8H,4,6H2,1-3H3. The molecule has 0 aliphatic rings. The summed E-state index contributed by atoms with van der Waals surface area (Å²) >= 11 is 12.7. The number of thioether (sulfide) groups is 1. The molecule has 0 aromatic rings. The normalized spacial score (nSPS) is 14.4. The van der Waals surface area contributed by atoms with Gasteiger partial charge in [0.2, 0.25) is 0 Å². The summed E-state index contributed by atoms with van der Waals surface area (Å²) < 4.78 is 4.64. The molecule has 0 amide bonds. The summed E-state index contributed by atoms with van der Waals surface area (Å²) in [7, 11) is 2.68. The quantitative estimate of drug-likeness (QED) is 0.412. The van der Waals surface area contributed by atoms with Gasteiger partial charge in [-0.2, -0.15) is 0 Å². The van der Waals surface area contributed by atoms with E-state index >= 15 is 0 Å². The molecular weight excluding hydrogens is 285 g/mol. The van der Waals surface area contributed by atoms with Crippen molar-refractivity contribution < 1.29 is 14.4 Å². The van der Waals surface area contributed by atoms with Gasteiger partial charge >= 0.3 is 5.97 Å². The van der Waals surface area contributed by atoms with E-state index < -0.39 is 5.97 Å². The Balaban J connectivity index is 4.69. The minimum absolute atomic E-state index is 0.146. The van der Waals surface area contributed by atoms with Crippen molar-refractivity contribution in [1.29, 1.82) is 0 Å². The van der Waals surface area contributed by atoms with E-state index in [2.05, 4.69) is 14.7 Å². The van der Waals surface area contributed by atoms with E-state index in [1.807, 2.05) is 6.92 Å². The van der Waals surface area contributed by atoms with Gasteiger partial charge in [0.1, 0.15) is 7.11 Å². The predicted molar refractivity (Wildman–Crippen MR) is 72.8 cm³/mol. The van der Waals surface area contributed by atoms with Gasteiger partial charge in [-0.3, -0.25) is 0 Å². The van der Waals surface area contributed by atoms with Crippen molar-refractivity contribution >= 4 is 46.6 Å². The fourth-order valence-electron chi connectivity index (χ4n) is 1.03. The minimum atomic E-state index is -0.503. The van der Waals surface area contributed by atoms with Crippen LogP contribution in [0.25, 0.3) is 0 Å². The summed E-state index contributed by atoms with van der Waals surface area (Å²) in [5.74, 6) is 0.000649. The van der Waals surface area contributed by atoms with E-state index in [0.29, 0.717) is 17.2 Å². The van der Waals surface area contributed by atoms with Crippen LogP contribution in [0.2, 0.25) is 0 Å². The third-order valence-electron chi connectivity index (χ3n) is 1.80. The molecule has 0 aromatic heterocycles. The van der Waals surface area contributed by atoms with Crippen molar-refractivity contribution in [3.8, 4) is 0 Å². The molecule has 4 nitrogen and oxygen atoms in total. The van der Waals surface area contributed by atoms with Crippen molar-refractivity contribution in [2.24, 2.45) is 5.16 Å². The lowest BCUT2D eigenvalue weighted by Crippen LogP contribution is -2.27. The molecule has 0 saturated heterocycles. The summed E-state index contributed by atoms with van der Waals surface area (Å²) in [6.45, 7) is 1.93. The van der Waals surface area contributed by atoms with E-state index in [1.165, 1.54) is 31.5 Å². The highest BCUT2D eigenvalue weighted by Crippen LogP contribution is 2.22. The van der Waals surface area contributed by atoms with Crippen LogP contribution < -0.4 is 0 Å². The highest BCUT2D eigenvalue weighted by molar-refractivity contribution is 8.01. The topological polar surface area (TPSA) is 47.9 Å². The summed E-state index contributed by atoms with van der Waals surface area (Å²) in [5, 5.41) is 4.06. The molecule has 7 heteroatoms. The monoisotopic (exact) mass is 299 g/mol. The fourth-order valence-corrected chi connectivity index (χ4v) is 2.37. The summed E-state index contributed by atoms with van der Waals surface area (Å²) in [6.07, 6.45) is 0.703. The Morgan fingerprint density at radius 1 is 1.53 bits per heavy atom.